The van der Waals surface area contributed by atoms with Crippen molar-refractivity contribution in [2.24, 2.45) is 5.73 Å². The minimum Gasteiger partial charge on any atom is -0.480 e. The number of thiophene rings is 1. The van der Waals surface area contributed by atoms with Gasteiger partial charge in [0, 0.05) is 26.9 Å². The molecule has 2 aromatic heterocycles. The van der Waals surface area contributed by atoms with Gasteiger partial charge in [-0.1, -0.05) is 48.5 Å². The van der Waals surface area contributed by atoms with E-state index in [9.17, 15) is 18.0 Å². The molecule has 0 saturated carbocycles. The average molecular weight is 529 g/mol. The quantitative estimate of drug-likeness (QED) is 0.280. The summed E-state index contributed by atoms with van der Waals surface area (Å²) in [4.78, 5) is 20.7. The molecule has 4 aromatic rings. The van der Waals surface area contributed by atoms with Crippen LogP contribution in [0.25, 0.3) is 21.7 Å². The van der Waals surface area contributed by atoms with Crippen molar-refractivity contribution >= 4 is 23.3 Å². The van der Waals surface area contributed by atoms with Gasteiger partial charge in [-0.05, 0) is 36.6 Å². The normalized spacial score (nSPS) is 13.2. The van der Waals surface area contributed by atoms with Gasteiger partial charge < -0.3 is 21.3 Å². The molecule has 0 spiro atoms. The van der Waals surface area contributed by atoms with E-state index in [2.05, 4.69) is 9.97 Å². The van der Waals surface area contributed by atoms with Gasteiger partial charge in [-0.15, -0.1) is 11.3 Å². The molecule has 0 bridgehead atoms. The van der Waals surface area contributed by atoms with E-state index in [1.807, 2.05) is 13.0 Å². The van der Waals surface area contributed by atoms with Gasteiger partial charge in [-0.3, -0.25) is 4.79 Å². The van der Waals surface area contributed by atoms with Crippen molar-refractivity contribution in [1.82, 2.24) is 9.97 Å². The van der Waals surface area contributed by atoms with Gasteiger partial charge in [0.05, 0.1) is 5.69 Å². The van der Waals surface area contributed by atoms with Gasteiger partial charge in [0.25, 0.3) is 0 Å². The second-order valence-corrected chi connectivity index (χ2v) is 9.62. The molecular formula is C26H23F3N4O3S. The Kier molecular flexibility index (Phi) is 7.46. The Labute approximate surface area is 214 Å². The number of nitrogens with two attached hydrogens (primary N) is 2. The molecule has 5 N–H and O–H groups in total. The van der Waals surface area contributed by atoms with Crippen molar-refractivity contribution in [3.63, 3.8) is 0 Å². The average Bonchev–Trinajstić information content (AvgIpc) is 3.28. The lowest BCUT2D eigenvalue weighted by Gasteiger charge is -2.24. The molecule has 192 valence electrons. The fourth-order valence-electron chi connectivity index (χ4n) is 3.76. The van der Waals surface area contributed by atoms with Gasteiger partial charge in [0.15, 0.2) is 0 Å². The zero-order valence-corrected chi connectivity index (χ0v) is 20.4. The Morgan fingerprint density at radius 2 is 1.78 bits per heavy atom. The first-order valence-electron chi connectivity index (χ1n) is 11.1. The molecule has 0 saturated heterocycles. The van der Waals surface area contributed by atoms with Crippen molar-refractivity contribution in [3.8, 4) is 27.6 Å². The minimum atomic E-state index is -4.74. The summed E-state index contributed by atoms with van der Waals surface area (Å²) in [7, 11) is 0. The highest BCUT2D eigenvalue weighted by molar-refractivity contribution is 7.15. The number of nitrogens with zero attached hydrogens (tertiary/aromatic N) is 2. The third-order valence-corrected chi connectivity index (χ3v) is 6.56. The van der Waals surface area contributed by atoms with Crippen LogP contribution in [0.3, 0.4) is 0 Å². The molecule has 0 aliphatic rings. The smallest absolute Gasteiger partial charge is 0.429 e. The number of aromatic nitrogens is 2. The molecule has 0 fully saturated rings. The fraction of sp³-hybridized carbons (Fsp3) is 0.192. The number of halogens is 3. The number of nitrogen functional groups attached to an aromatic ring is 1. The van der Waals surface area contributed by atoms with Crippen molar-refractivity contribution in [2.75, 3.05) is 5.73 Å². The number of carbonyl (C=O) groups is 1. The summed E-state index contributed by atoms with van der Waals surface area (Å²) in [5.74, 6) is -1.71. The maximum absolute atomic E-state index is 14.3. The third kappa shape index (κ3) is 6.25. The highest BCUT2D eigenvalue weighted by Crippen LogP contribution is 2.42. The molecule has 0 aliphatic heterocycles. The lowest BCUT2D eigenvalue weighted by molar-refractivity contribution is -0.198. The molecular weight excluding hydrogens is 505 g/mol. The number of aliphatic carboxylic acids is 1. The van der Waals surface area contributed by atoms with E-state index in [1.54, 1.807) is 42.5 Å². The highest BCUT2D eigenvalue weighted by Gasteiger charge is 2.44. The van der Waals surface area contributed by atoms with Gasteiger partial charge in [0.2, 0.25) is 17.9 Å². The van der Waals surface area contributed by atoms with Crippen LogP contribution >= 0.6 is 11.3 Å². The predicted octanol–water partition coefficient (Wildman–Crippen LogP) is 5.40. The number of anilines is 1. The lowest BCUT2D eigenvalue weighted by atomic mass is 10.0. The first-order chi connectivity index (χ1) is 17.5. The first-order valence-corrected chi connectivity index (χ1v) is 11.9. The summed E-state index contributed by atoms with van der Waals surface area (Å²) < 4.78 is 48.3. The van der Waals surface area contributed by atoms with Crippen molar-refractivity contribution < 1.29 is 27.8 Å². The molecule has 2 atom stereocenters. The van der Waals surface area contributed by atoms with Gasteiger partial charge in [-0.25, -0.2) is 4.98 Å². The second-order valence-electron chi connectivity index (χ2n) is 8.33. The molecule has 0 aliphatic carbocycles. The summed E-state index contributed by atoms with van der Waals surface area (Å²) in [5, 5.41) is 8.98. The largest absolute Gasteiger partial charge is 0.480 e. The zero-order chi connectivity index (χ0) is 26.7. The fourth-order valence-corrected chi connectivity index (χ4v) is 4.68. The minimum absolute atomic E-state index is 0.0466. The number of carboxylic acids is 1. The number of benzene rings is 2. The van der Waals surface area contributed by atoms with Crippen LogP contribution in [-0.2, 0) is 11.2 Å². The van der Waals surface area contributed by atoms with Gasteiger partial charge >= 0.3 is 12.1 Å². The van der Waals surface area contributed by atoms with Crippen LogP contribution in [-0.4, -0.2) is 33.3 Å². The maximum Gasteiger partial charge on any atom is 0.429 e. The van der Waals surface area contributed by atoms with Crippen LogP contribution in [0.2, 0.25) is 0 Å². The van der Waals surface area contributed by atoms with E-state index in [0.717, 1.165) is 4.88 Å². The van der Waals surface area contributed by atoms with Crippen LogP contribution in [0.5, 0.6) is 5.88 Å². The van der Waals surface area contributed by atoms with E-state index >= 15 is 0 Å². The number of rotatable bonds is 8. The molecule has 0 amide bonds. The van der Waals surface area contributed by atoms with E-state index in [-0.39, 0.29) is 29.5 Å². The Morgan fingerprint density at radius 1 is 1.08 bits per heavy atom. The van der Waals surface area contributed by atoms with Crippen molar-refractivity contribution in [2.45, 2.75) is 31.7 Å². The Morgan fingerprint density at radius 3 is 2.41 bits per heavy atom. The summed E-state index contributed by atoms with van der Waals surface area (Å²) >= 11 is 1.39. The van der Waals surface area contributed by atoms with E-state index < -0.39 is 24.3 Å². The first kappa shape index (κ1) is 26.1. The molecule has 37 heavy (non-hydrogen) atoms. The third-order valence-electron chi connectivity index (χ3n) is 5.53. The molecule has 0 radical (unpaired) electrons. The maximum atomic E-state index is 14.3. The highest BCUT2D eigenvalue weighted by atomic mass is 32.1. The molecule has 1 unspecified atom stereocenters. The summed E-state index contributed by atoms with van der Waals surface area (Å²) in [6.45, 7) is 1.88. The number of aryl methyl sites for hydroxylation is 1. The van der Waals surface area contributed by atoms with Crippen molar-refractivity contribution in [3.05, 3.63) is 82.7 Å². The summed E-state index contributed by atoms with van der Waals surface area (Å²) in [6, 6.07) is 16.7. The number of hydrogen-bond acceptors (Lipinski definition) is 7. The number of ether oxygens (including phenoxy) is 1. The van der Waals surface area contributed by atoms with Crippen LogP contribution in [0.4, 0.5) is 19.1 Å². The monoisotopic (exact) mass is 528 g/mol. The Hall–Kier alpha value is -3.96. The Bertz CT molecular complexity index is 1410. The standard InChI is InChI=1S/C26H23F3N4O3S/c1-14-6-11-21(37-14)17-4-2-3-5-18(17)23(26(27,28)29)36-22-13-20(32-25(31)33-22)16-9-7-15(8-10-16)12-19(30)24(34)35/h2-11,13,19,23H,12,30H2,1H3,(H,34,35)(H2,31,32,33)/t19-,23?/m0/s1. The van der Waals surface area contributed by atoms with Gasteiger partial charge in [0.1, 0.15) is 6.04 Å². The number of carboxylic acid groups (broad SMARTS) is 1. The second kappa shape index (κ2) is 10.6. The topological polar surface area (TPSA) is 124 Å². The zero-order valence-electron chi connectivity index (χ0n) is 19.6. The molecule has 2 aromatic carbocycles. The molecule has 2 heterocycles. The molecule has 7 nitrogen and oxygen atoms in total. The SMILES string of the molecule is Cc1ccc(-c2ccccc2C(Oc2cc(-c3ccc(C[C@H](N)C(=O)O)cc3)nc(N)n2)C(F)(F)F)s1. The summed E-state index contributed by atoms with van der Waals surface area (Å²) in [6.07, 6.45) is -6.92. The number of alkyl halides is 3. The van der Waals surface area contributed by atoms with E-state index in [1.165, 1.54) is 29.5 Å². The van der Waals surface area contributed by atoms with Crippen LogP contribution < -0.4 is 16.2 Å². The van der Waals surface area contributed by atoms with Gasteiger partial charge in [-0.2, -0.15) is 18.2 Å². The Balaban J connectivity index is 1.66. The van der Waals surface area contributed by atoms with Crippen LogP contribution in [0.1, 0.15) is 22.1 Å². The van der Waals surface area contributed by atoms with Crippen molar-refractivity contribution in [1.29, 1.82) is 0 Å². The van der Waals surface area contributed by atoms with Crippen LogP contribution in [0.15, 0.2) is 66.7 Å². The summed E-state index contributed by atoms with van der Waals surface area (Å²) in [5.41, 5.74) is 13.2. The molecule has 4 rings (SSSR count). The van der Waals surface area contributed by atoms with E-state index in [4.69, 9.17) is 21.3 Å². The van der Waals surface area contributed by atoms with E-state index in [0.29, 0.717) is 21.6 Å². The lowest BCUT2D eigenvalue weighted by Crippen LogP contribution is -2.32. The van der Waals surface area contributed by atoms with Crippen LogP contribution in [0, 0.1) is 6.92 Å². The number of hydrogen-bond donors (Lipinski definition) is 3. The molecule has 11 heteroatoms. The predicted molar refractivity (Wildman–Crippen MR) is 135 cm³/mol.